The summed E-state index contributed by atoms with van der Waals surface area (Å²) in [6, 6.07) is 7.38. The second kappa shape index (κ2) is 11.3. The van der Waals surface area contributed by atoms with E-state index in [1.54, 1.807) is 18.2 Å². The molecule has 2 saturated heterocycles. The third-order valence-corrected chi connectivity index (χ3v) is 8.72. The van der Waals surface area contributed by atoms with Gasteiger partial charge in [-0.15, -0.1) is 4.33 Å². The normalized spacial score (nSPS) is 18.7. The fourth-order valence-corrected chi connectivity index (χ4v) is 6.08. The first-order valence-corrected chi connectivity index (χ1v) is 15.2. The fourth-order valence-electron chi connectivity index (χ4n) is 3.91. The fraction of sp³-hybridized carbons (Fsp3) is 0.350. The summed E-state index contributed by atoms with van der Waals surface area (Å²) < 4.78 is 68.0. The quantitative estimate of drug-likeness (QED) is 0.0803. The molecule has 5 rings (SSSR count). The van der Waals surface area contributed by atoms with Gasteiger partial charge in [-0.05, 0) is 23.6 Å². The Morgan fingerprint density at radius 2 is 1.87 bits per heavy atom. The molecule has 2 aromatic carbocycles. The van der Waals surface area contributed by atoms with Crippen LogP contribution in [-0.2, 0) is 34.3 Å². The third kappa shape index (κ3) is 6.65. The average Bonchev–Trinajstić information content (AvgIpc) is 3.52. The maximum Gasteiger partial charge on any atom is 0.294 e. The van der Waals surface area contributed by atoms with Gasteiger partial charge in [-0.25, -0.2) is 13.7 Å². The van der Waals surface area contributed by atoms with E-state index in [-0.39, 0.29) is 41.4 Å². The molecule has 1 aromatic heterocycles. The molecule has 0 spiro atoms. The minimum absolute atomic E-state index is 0.000274. The number of fused-ring (bicyclic) bond motifs is 1. The van der Waals surface area contributed by atoms with Crippen molar-refractivity contribution in [2.75, 3.05) is 60.8 Å². The Labute approximate surface area is 227 Å². The van der Waals surface area contributed by atoms with Crippen LogP contribution in [0.5, 0.6) is 0 Å². The molecule has 39 heavy (non-hydrogen) atoms. The highest BCUT2D eigenvalue weighted by Crippen LogP contribution is 2.37. The van der Waals surface area contributed by atoms with Crippen LogP contribution in [0.3, 0.4) is 0 Å². The van der Waals surface area contributed by atoms with E-state index in [0.29, 0.717) is 60.0 Å². The second-order valence-corrected chi connectivity index (χ2v) is 12.5. The number of aromatic nitrogens is 3. The smallest absolute Gasteiger partial charge is 0.294 e. The van der Waals surface area contributed by atoms with Crippen LogP contribution < -0.4 is 15.5 Å². The molecule has 3 aromatic rings. The molecule has 2 aliphatic rings. The maximum absolute atomic E-state index is 12.0. The van der Waals surface area contributed by atoms with Gasteiger partial charge in [0.15, 0.2) is 0 Å². The van der Waals surface area contributed by atoms with Crippen LogP contribution in [0.1, 0.15) is 0 Å². The Balaban J connectivity index is 1.53. The minimum Gasteiger partial charge on any atom is -0.378 e. The zero-order chi connectivity index (χ0) is 27.6. The molecule has 2 aliphatic heterocycles. The number of morpholine rings is 1. The zero-order valence-electron chi connectivity index (χ0n) is 20.0. The van der Waals surface area contributed by atoms with Crippen molar-refractivity contribution < 1.29 is 40.8 Å². The lowest BCUT2D eigenvalue weighted by molar-refractivity contribution is -0.432. The van der Waals surface area contributed by atoms with Crippen molar-refractivity contribution in [3.8, 4) is 0 Å². The Hall–Kier alpha value is -2.88. The number of nitrogens with one attached hydrogen (secondary N) is 2. The standard InChI is InChI=1S/C20H23N7O9S3/c28-35-36-37-16-3-1-2-13-10-14(39(31,32)33)11-15(17(13)16)22-19-23-18(21-4-5-27-12-38(27,29)30)24-20(25-19)26-6-8-34-9-7-26/h1-3,10-11,28H,4-9,12H2,(H,31,32,33)(H2,21,22,23,24,25). The van der Waals surface area contributed by atoms with Crippen molar-refractivity contribution >= 4 is 66.5 Å². The molecule has 3 heterocycles. The van der Waals surface area contributed by atoms with Crippen molar-refractivity contribution in [1.29, 1.82) is 0 Å². The second-order valence-electron chi connectivity index (χ2n) is 8.38. The Kier molecular flexibility index (Phi) is 8.03. The molecule has 2 fully saturated rings. The van der Waals surface area contributed by atoms with Crippen LogP contribution in [0.2, 0.25) is 0 Å². The van der Waals surface area contributed by atoms with Gasteiger partial charge in [0.2, 0.25) is 27.9 Å². The average molecular weight is 602 g/mol. The predicted octanol–water partition coefficient (Wildman–Crippen LogP) is 1.29. The molecule has 0 radical (unpaired) electrons. The summed E-state index contributed by atoms with van der Waals surface area (Å²) in [7, 11) is -7.71. The van der Waals surface area contributed by atoms with Gasteiger partial charge < -0.3 is 20.3 Å². The predicted molar refractivity (Wildman–Crippen MR) is 140 cm³/mol. The highest BCUT2D eigenvalue weighted by Gasteiger charge is 2.39. The SMILES string of the molecule is O=S(=O)(O)c1cc(Nc2nc(NCCN3CS3(=O)=O)nc(N3CCOCC3)n2)c2c(SOOO)cccc2c1. The van der Waals surface area contributed by atoms with E-state index in [1.165, 1.54) is 16.4 Å². The zero-order valence-corrected chi connectivity index (χ0v) is 22.5. The van der Waals surface area contributed by atoms with Gasteiger partial charge in [0, 0.05) is 36.5 Å². The third-order valence-electron chi connectivity index (χ3n) is 5.80. The monoisotopic (exact) mass is 601 g/mol. The first-order valence-electron chi connectivity index (χ1n) is 11.4. The molecule has 210 valence electrons. The summed E-state index contributed by atoms with van der Waals surface area (Å²) in [6.45, 7) is 2.46. The number of hydrogen-bond acceptors (Lipinski definition) is 15. The number of benzene rings is 2. The molecule has 0 amide bonds. The van der Waals surface area contributed by atoms with Gasteiger partial charge in [0.05, 0.1) is 35.8 Å². The molecule has 0 saturated carbocycles. The number of ether oxygens (including phenoxy) is 1. The van der Waals surface area contributed by atoms with Crippen LogP contribution in [0.25, 0.3) is 10.8 Å². The van der Waals surface area contributed by atoms with Crippen LogP contribution in [-0.4, -0.2) is 91.2 Å². The van der Waals surface area contributed by atoms with E-state index in [2.05, 4.69) is 35.0 Å². The molecule has 16 nitrogen and oxygen atoms in total. The van der Waals surface area contributed by atoms with E-state index in [4.69, 9.17) is 9.99 Å². The van der Waals surface area contributed by atoms with Gasteiger partial charge >= 0.3 is 0 Å². The minimum atomic E-state index is -4.58. The van der Waals surface area contributed by atoms with E-state index in [1.807, 2.05) is 4.90 Å². The van der Waals surface area contributed by atoms with Gasteiger partial charge in [0.25, 0.3) is 10.1 Å². The molecular weight excluding hydrogens is 578 g/mol. The molecule has 0 bridgehead atoms. The Morgan fingerprint density at radius 1 is 1.13 bits per heavy atom. The van der Waals surface area contributed by atoms with Crippen molar-refractivity contribution in [1.82, 2.24) is 19.3 Å². The van der Waals surface area contributed by atoms with E-state index < -0.39 is 20.1 Å². The van der Waals surface area contributed by atoms with Gasteiger partial charge in [-0.2, -0.15) is 27.7 Å². The summed E-state index contributed by atoms with van der Waals surface area (Å²) in [6.07, 6.45) is 0. The lowest BCUT2D eigenvalue weighted by Crippen LogP contribution is -2.37. The topological polar surface area (TPSA) is 205 Å². The van der Waals surface area contributed by atoms with Gasteiger partial charge in [-0.3, -0.25) is 4.55 Å². The van der Waals surface area contributed by atoms with Crippen molar-refractivity contribution in [3.05, 3.63) is 30.3 Å². The summed E-state index contributed by atoms with van der Waals surface area (Å²) in [4.78, 5) is 15.3. The highest BCUT2D eigenvalue weighted by atomic mass is 32.2. The molecule has 1 atom stereocenters. The largest absolute Gasteiger partial charge is 0.378 e. The highest BCUT2D eigenvalue weighted by molar-refractivity contribution is 7.95. The maximum atomic E-state index is 12.0. The summed E-state index contributed by atoms with van der Waals surface area (Å²) in [5.41, 5.74) is 0.199. The summed E-state index contributed by atoms with van der Waals surface area (Å²) >= 11 is 0.671. The van der Waals surface area contributed by atoms with E-state index in [9.17, 15) is 21.4 Å². The van der Waals surface area contributed by atoms with E-state index in [0.717, 1.165) is 0 Å². The Bertz CT molecular complexity index is 1590. The number of hydrogen-bond donors (Lipinski definition) is 4. The molecule has 1 unspecified atom stereocenters. The molecule has 0 aliphatic carbocycles. The molecule has 19 heteroatoms. The van der Waals surface area contributed by atoms with Crippen molar-refractivity contribution in [3.63, 3.8) is 0 Å². The molecule has 4 N–H and O–H groups in total. The number of rotatable bonds is 11. The van der Waals surface area contributed by atoms with Crippen LogP contribution in [0.4, 0.5) is 23.5 Å². The van der Waals surface area contributed by atoms with E-state index >= 15 is 0 Å². The first kappa shape index (κ1) is 27.7. The van der Waals surface area contributed by atoms with Crippen LogP contribution >= 0.6 is 12.0 Å². The number of anilines is 4. The number of nitrogens with zero attached hydrogens (tertiary/aromatic N) is 5. The first-order chi connectivity index (χ1) is 18.6. The van der Waals surface area contributed by atoms with Gasteiger partial charge in [0.1, 0.15) is 5.88 Å². The summed E-state index contributed by atoms with van der Waals surface area (Å²) in [5.74, 6) is 0.524. The lowest BCUT2D eigenvalue weighted by atomic mass is 10.1. The van der Waals surface area contributed by atoms with Crippen LogP contribution in [0.15, 0.2) is 40.1 Å². The lowest BCUT2D eigenvalue weighted by Gasteiger charge is -2.27. The van der Waals surface area contributed by atoms with Crippen molar-refractivity contribution in [2.45, 2.75) is 9.79 Å². The van der Waals surface area contributed by atoms with Gasteiger partial charge in [-0.1, -0.05) is 17.2 Å². The number of sulfonamides is 1. The Morgan fingerprint density at radius 3 is 2.56 bits per heavy atom. The van der Waals surface area contributed by atoms with Crippen LogP contribution in [0, 0.1) is 0 Å². The molecular formula is C20H23N7O9S3. The summed E-state index contributed by atoms with van der Waals surface area (Å²) in [5, 5.41) is 19.2. The van der Waals surface area contributed by atoms with Crippen molar-refractivity contribution in [2.24, 2.45) is 0 Å².